The Morgan fingerprint density at radius 2 is 1.88 bits per heavy atom. The van der Waals surface area contributed by atoms with Gasteiger partial charge < -0.3 is 19.1 Å². The van der Waals surface area contributed by atoms with Crippen LogP contribution in [0.2, 0.25) is 0 Å². The maximum absolute atomic E-state index is 12.8. The number of carbonyl (C=O) groups excluding carboxylic acids is 2. The monoisotopic (exact) mass is 366 g/mol. The number of benzene rings is 1. The van der Waals surface area contributed by atoms with Crippen LogP contribution in [0, 0.1) is 0 Å². The zero-order chi connectivity index (χ0) is 18.9. The molecule has 2 N–H and O–H groups in total. The zero-order valence-electron chi connectivity index (χ0n) is 15.2. The lowest BCUT2D eigenvalue weighted by atomic mass is 10.1. The molecule has 0 saturated carbocycles. The van der Waals surface area contributed by atoms with Gasteiger partial charge in [0.1, 0.15) is 0 Å². The molecule has 0 radical (unpaired) electrons. The summed E-state index contributed by atoms with van der Waals surface area (Å²) in [6.45, 7) is 1.69. The second-order valence-corrected chi connectivity index (χ2v) is 6.04. The lowest BCUT2D eigenvalue weighted by Gasteiger charge is -2.27. The third-order valence-corrected chi connectivity index (χ3v) is 4.31. The van der Waals surface area contributed by atoms with Crippen molar-refractivity contribution in [2.45, 2.75) is 32.1 Å². The smallest absolute Gasteiger partial charge is 0.305 e. The molecule has 0 bridgehead atoms. The normalized spacial score (nSPS) is 13.9. The van der Waals surface area contributed by atoms with Gasteiger partial charge in [-0.2, -0.15) is 0 Å². The van der Waals surface area contributed by atoms with E-state index in [4.69, 9.17) is 9.47 Å². The Morgan fingerprint density at radius 3 is 2.50 bits per heavy atom. The van der Waals surface area contributed by atoms with Crippen molar-refractivity contribution in [3.8, 4) is 11.5 Å². The molecule has 26 heavy (non-hydrogen) atoms. The summed E-state index contributed by atoms with van der Waals surface area (Å²) in [6, 6.07) is 3.08. The highest BCUT2D eigenvalue weighted by Gasteiger charge is 2.23. The predicted molar refractivity (Wildman–Crippen MR) is 94.9 cm³/mol. The van der Waals surface area contributed by atoms with Crippen molar-refractivity contribution in [3.05, 3.63) is 17.7 Å². The second-order valence-electron chi connectivity index (χ2n) is 6.04. The number of amides is 1. The Hall–Kier alpha value is -2.48. The predicted octanol–water partition coefficient (Wildman–Crippen LogP) is 2.45. The molecule has 144 valence electrons. The molecule has 1 fully saturated rings. The molecule has 0 aliphatic carbocycles. The first-order valence-corrected chi connectivity index (χ1v) is 8.71. The number of hydrogen-bond donors (Lipinski definition) is 2. The van der Waals surface area contributed by atoms with Gasteiger partial charge in [-0.05, 0) is 31.7 Å². The standard InChI is InChI=1S/C18H26N2O6/c1-24-15-11-13(18(22)20-8-4-3-5-9-20)14(19-23)12-16(15)26-10-6-7-17(21)25-2/h11-12,19,23H,3-10H2,1-2H3. The summed E-state index contributed by atoms with van der Waals surface area (Å²) in [5.41, 5.74) is 2.65. The Morgan fingerprint density at radius 1 is 1.15 bits per heavy atom. The fourth-order valence-electron chi connectivity index (χ4n) is 2.87. The van der Waals surface area contributed by atoms with Crippen LogP contribution >= 0.6 is 0 Å². The minimum atomic E-state index is -0.305. The van der Waals surface area contributed by atoms with E-state index in [1.54, 1.807) is 11.0 Å². The van der Waals surface area contributed by atoms with Crippen molar-refractivity contribution in [1.29, 1.82) is 0 Å². The van der Waals surface area contributed by atoms with Gasteiger partial charge in [0.15, 0.2) is 11.5 Å². The van der Waals surface area contributed by atoms with Crippen molar-refractivity contribution in [2.24, 2.45) is 0 Å². The molecule has 8 nitrogen and oxygen atoms in total. The van der Waals surface area contributed by atoms with E-state index in [-0.39, 0.29) is 30.6 Å². The summed E-state index contributed by atoms with van der Waals surface area (Å²) in [5.74, 6) is 0.309. The lowest BCUT2D eigenvalue weighted by molar-refractivity contribution is -0.140. The highest BCUT2D eigenvalue weighted by molar-refractivity contribution is 6.00. The number of rotatable bonds is 8. The van der Waals surface area contributed by atoms with Gasteiger partial charge in [0, 0.05) is 25.6 Å². The van der Waals surface area contributed by atoms with E-state index in [1.165, 1.54) is 20.3 Å². The van der Waals surface area contributed by atoms with Crippen molar-refractivity contribution >= 4 is 17.6 Å². The molecule has 0 aromatic heterocycles. The summed E-state index contributed by atoms with van der Waals surface area (Å²) in [7, 11) is 2.82. The van der Waals surface area contributed by atoms with Gasteiger partial charge in [-0.25, -0.2) is 0 Å². The molecule has 0 unspecified atom stereocenters. The minimum Gasteiger partial charge on any atom is -0.493 e. The highest BCUT2D eigenvalue weighted by Crippen LogP contribution is 2.34. The van der Waals surface area contributed by atoms with Gasteiger partial charge in [-0.15, -0.1) is 0 Å². The van der Waals surface area contributed by atoms with Gasteiger partial charge in [-0.3, -0.25) is 20.3 Å². The van der Waals surface area contributed by atoms with Crippen LogP contribution in [0.4, 0.5) is 5.69 Å². The van der Waals surface area contributed by atoms with Crippen LogP contribution in [-0.4, -0.2) is 55.9 Å². The van der Waals surface area contributed by atoms with Gasteiger partial charge >= 0.3 is 5.97 Å². The van der Waals surface area contributed by atoms with Crippen LogP contribution in [0.25, 0.3) is 0 Å². The fourth-order valence-corrected chi connectivity index (χ4v) is 2.87. The van der Waals surface area contributed by atoms with E-state index in [2.05, 4.69) is 10.2 Å². The van der Waals surface area contributed by atoms with Gasteiger partial charge in [-0.1, -0.05) is 0 Å². The quantitative estimate of drug-likeness (QED) is 0.414. The number of nitrogens with zero attached hydrogens (tertiary/aromatic N) is 1. The van der Waals surface area contributed by atoms with Crippen molar-refractivity contribution in [2.75, 3.05) is 39.4 Å². The number of likely N-dealkylation sites (tertiary alicyclic amines) is 1. The van der Waals surface area contributed by atoms with Gasteiger partial charge in [0.05, 0.1) is 32.1 Å². The third-order valence-electron chi connectivity index (χ3n) is 4.31. The first-order chi connectivity index (χ1) is 12.6. The summed E-state index contributed by atoms with van der Waals surface area (Å²) >= 11 is 0. The molecule has 1 amide bonds. The molecule has 1 saturated heterocycles. The zero-order valence-corrected chi connectivity index (χ0v) is 15.2. The number of methoxy groups -OCH3 is 2. The van der Waals surface area contributed by atoms with Crippen molar-refractivity contribution in [1.82, 2.24) is 4.90 Å². The van der Waals surface area contributed by atoms with Crippen molar-refractivity contribution in [3.63, 3.8) is 0 Å². The number of ether oxygens (including phenoxy) is 3. The number of anilines is 1. The fraction of sp³-hybridized carbons (Fsp3) is 0.556. The van der Waals surface area contributed by atoms with Crippen LogP contribution < -0.4 is 15.0 Å². The maximum Gasteiger partial charge on any atom is 0.305 e. The van der Waals surface area contributed by atoms with Crippen LogP contribution in [0.3, 0.4) is 0 Å². The number of piperidine rings is 1. The van der Waals surface area contributed by atoms with Gasteiger partial charge in [0.2, 0.25) is 0 Å². The maximum atomic E-state index is 12.8. The number of carbonyl (C=O) groups is 2. The highest BCUT2D eigenvalue weighted by atomic mass is 16.5. The molecule has 0 atom stereocenters. The summed E-state index contributed by atoms with van der Waals surface area (Å²) in [5, 5.41) is 9.45. The average molecular weight is 366 g/mol. The topological polar surface area (TPSA) is 97.3 Å². The molecule has 1 aliphatic rings. The first kappa shape index (κ1) is 19.8. The van der Waals surface area contributed by atoms with E-state index in [1.807, 2.05) is 0 Å². The molecule has 1 aromatic carbocycles. The average Bonchev–Trinajstić information content (AvgIpc) is 2.70. The van der Waals surface area contributed by atoms with E-state index in [0.717, 1.165) is 19.3 Å². The Kier molecular flexibility index (Phi) is 7.53. The van der Waals surface area contributed by atoms with Crippen LogP contribution in [-0.2, 0) is 9.53 Å². The SMILES string of the molecule is COC(=O)CCCOc1cc(NO)c(C(=O)N2CCCCC2)cc1OC. The molecule has 1 aliphatic heterocycles. The Bertz CT molecular complexity index is 628. The van der Waals surface area contributed by atoms with Crippen LogP contribution in [0.5, 0.6) is 11.5 Å². The van der Waals surface area contributed by atoms with Crippen molar-refractivity contribution < 1.29 is 29.0 Å². The second kappa shape index (κ2) is 9.86. The summed E-state index contributed by atoms with van der Waals surface area (Å²) < 4.78 is 15.5. The molecule has 8 heteroatoms. The summed E-state index contributed by atoms with van der Waals surface area (Å²) in [6.07, 6.45) is 3.80. The third kappa shape index (κ3) is 5.01. The molecular formula is C18H26N2O6. The van der Waals surface area contributed by atoms with Crippen LogP contribution in [0.1, 0.15) is 42.5 Å². The Balaban J connectivity index is 2.13. The van der Waals surface area contributed by atoms with E-state index in [9.17, 15) is 14.8 Å². The molecule has 1 heterocycles. The number of hydrogen-bond acceptors (Lipinski definition) is 7. The molecule has 0 spiro atoms. The Labute approximate surface area is 153 Å². The summed E-state index contributed by atoms with van der Waals surface area (Å²) in [4.78, 5) is 25.7. The minimum absolute atomic E-state index is 0.156. The van der Waals surface area contributed by atoms with Crippen LogP contribution in [0.15, 0.2) is 12.1 Å². The van der Waals surface area contributed by atoms with E-state index < -0.39 is 0 Å². The largest absolute Gasteiger partial charge is 0.493 e. The van der Waals surface area contributed by atoms with E-state index >= 15 is 0 Å². The molecular weight excluding hydrogens is 340 g/mol. The van der Waals surface area contributed by atoms with Gasteiger partial charge in [0.25, 0.3) is 5.91 Å². The molecule has 2 rings (SSSR count). The molecule has 1 aromatic rings. The first-order valence-electron chi connectivity index (χ1n) is 8.71. The number of nitrogens with one attached hydrogen (secondary N) is 1. The number of esters is 1. The van der Waals surface area contributed by atoms with E-state index in [0.29, 0.717) is 36.6 Å². The lowest BCUT2D eigenvalue weighted by Crippen LogP contribution is -2.36.